The Morgan fingerprint density at radius 1 is 1.14 bits per heavy atom. The van der Waals surface area contributed by atoms with Crippen molar-refractivity contribution in [2.24, 2.45) is 40.4 Å². The standard InChI is InChI=1S/C30H41FN2O3/c1-28(35)12-13-30(18-36-3)20(15-28)5-7-22-23-8-9-25(29(23,2)11-10-24(22)30)27(34)17-33-26-14-21(31)6-4-19(26)16-32-33/h4,6,14,16,20,22-25,35H,5,7-13,15,17-18H2,1-3H3. The van der Waals surface area contributed by atoms with Gasteiger partial charge in [0.15, 0.2) is 5.78 Å². The fourth-order valence-electron chi connectivity index (χ4n) is 9.74. The van der Waals surface area contributed by atoms with Crippen molar-refractivity contribution in [2.45, 2.75) is 83.8 Å². The van der Waals surface area contributed by atoms with Gasteiger partial charge in [0.05, 0.1) is 23.9 Å². The molecule has 5 nitrogen and oxygen atoms in total. The zero-order chi connectivity index (χ0) is 25.3. The van der Waals surface area contributed by atoms with Crippen molar-refractivity contribution in [3.63, 3.8) is 0 Å². The van der Waals surface area contributed by atoms with Crippen molar-refractivity contribution in [1.29, 1.82) is 0 Å². The van der Waals surface area contributed by atoms with E-state index in [1.54, 1.807) is 16.9 Å². The number of nitrogens with zero attached hydrogens (tertiary/aromatic N) is 2. The third-order valence-corrected chi connectivity index (χ3v) is 11.4. The average molecular weight is 497 g/mol. The summed E-state index contributed by atoms with van der Waals surface area (Å²) >= 11 is 0. The molecule has 2 aromatic rings. The molecule has 0 saturated heterocycles. The van der Waals surface area contributed by atoms with Gasteiger partial charge in [0.25, 0.3) is 0 Å². The zero-order valence-electron chi connectivity index (χ0n) is 22.0. The molecular formula is C30H41FN2O3. The van der Waals surface area contributed by atoms with Crippen molar-refractivity contribution in [1.82, 2.24) is 9.78 Å². The number of hydrogen-bond donors (Lipinski definition) is 1. The van der Waals surface area contributed by atoms with E-state index < -0.39 is 5.60 Å². The average Bonchev–Trinajstić information content (AvgIpc) is 3.39. The van der Waals surface area contributed by atoms with E-state index in [2.05, 4.69) is 12.0 Å². The Bertz CT molecular complexity index is 1160. The first-order valence-corrected chi connectivity index (χ1v) is 14.0. The van der Waals surface area contributed by atoms with Crippen LogP contribution in [0.4, 0.5) is 4.39 Å². The molecule has 4 saturated carbocycles. The van der Waals surface area contributed by atoms with Crippen LogP contribution in [0.5, 0.6) is 0 Å². The molecular weight excluding hydrogens is 455 g/mol. The predicted octanol–water partition coefficient (Wildman–Crippen LogP) is 5.78. The summed E-state index contributed by atoms with van der Waals surface area (Å²) in [4.78, 5) is 13.7. The lowest BCUT2D eigenvalue weighted by molar-refractivity contribution is -0.175. The van der Waals surface area contributed by atoms with Gasteiger partial charge in [-0.05, 0) is 117 Å². The molecule has 8 atom stereocenters. The van der Waals surface area contributed by atoms with Crippen LogP contribution in [-0.2, 0) is 16.1 Å². The van der Waals surface area contributed by atoms with Crippen LogP contribution >= 0.6 is 0 Å². The number of aromatic nitrogens is 2. The van der Waals surface area contributed by atoms with E-state index in [0.717, 1.165) is 63.4 Å². The fraction of sp³-hybridized carbons (Fsp3) is 0.733. The molecule has 0 amide bonds. The Balaban J connectivity index is 1.24. The summed E-state index contributed by atoms with van der Waals surface area (Å²) in [6.45, 7) is 5.41. The Labute approximate surface area is 213 Å². The maximum atomic E-state index is 13.9. The summed E-state index contributed by atoms with van der Waals surface area (Å²) in [5.74, 6) is 2.34. The molecule has 1 heterocycles. The summed E-state index contributed by atoms with van der Waals surface area (Å²) < 4.78 is 21.4. The number of fused-ring (bicyclic) bond motifs is 6. The number of Topliss-reactive ketones (excluding diaryl/α,β-unsaturated/α-hetero) is 1. The molecule has 1 aromatic carbocycles. The van der Waals surface area contributed by atoms with Crippen molar-refractivity contribution in [2.75, 3.05) is 13.7 Å². The molecule has 0 spiro atoms. The largest absolute Gasteiger partial charge is 0.390 e. The Kier molecular flexibility index (Phi) is 5.88. The van der Waals surface area contributed by atoms with Crippen LogP contribution in [0.2, 0.25) is 0 Å². The molecule has 4 aliphatic carbocycles. The smallest absolute Gasteiger partial charge is 0.157 e. The van der Waals surface area contributed by atoms with Gasteiger partial charge >= 0.3 is 0 Å². The summed E-state index contributed by atoms with van der Waals surface area (Å²) in [6.07, 6.45) is 11.2. The van der Waals surface area contributed by atoms with Crippen LogP contribution in [0.1, 0.15) is 71.6 Å². The number of rotatable bonds is 5. The van der Waals surface area contributed by atoms with E-state index >= 15 is 0 Å². The summed E-state index contributed by atoms with van der Waals surface area (Å²) in [7, 11) is 1.84. The number of methoxy groups -OCH3 is 1. The highest BCUT2D eigenvalue weighted by Crippen LogP contribution is 2.68. The van der Waals surface area contributed by atoms with Crippen LogP contribution in [0.25, 0.3) is 10.9 Å². The number of carbonyl (C=O) groups is 1. The molecule has 8 unspecified atom stereocenters. The highest BCUT2D eigenvalue weighted by molar-refractivity contribution is 5.85. The number of ether oxygens (including phenoxy) is 1. The molecule has 36 heavy (non-hydrogen) atoms. The second-order valence-corrected chi connectivity index (χ2v) is 13.2. The zero-order valence-corrected chi connectivity index (χ0v) is 22.0. The van der Waals surface area contributed by atoms with Gasteiger partial charge in [-0.3, -0.25) is 9.48 Å². The van der Waals surface area contributed by atoms with Gasteiger partial charge in [0, 0.05) is 18.4 Å². The molecule has 6 heteroatoms. The second kappa shape index (κ2) is 8.62. The van der Waals surface area contributed by atoms with Gasteiger partial charge < -0.3 is 9.84 Å². The lowest BCUT2D eigenvalue weighted by Gasteiger charge is -2.62. The van der Waals surface area contributed by atoms with Gasteiger partial charge in [-0.1, -0.05) is 6.92 Å². The number of hydrogen-bond acceptors (Lipinski definition) is 4. The summed E-state index contributed by atoms with van der Waals surface area (Å²) in [5, 5.41) is 16.1. The first-order valence-electron chi connectivity index (χ1n) is 14.0. The van der Waals surface area contributed by atoms with Gasteiger partial charge in [0.2, 0.25) is 0 Å². The minimum Gasteiger partial charge on any atom is -0.390 e. The molecule has 1 aromatic heterocycles. The molecule has 4 aliphatic rings. The van der Waals surface area contributed by atoms with E-state index in [1.807, 2.05) is 14.0 Å². The van der Waals surface area contributed by atoms with Crippen molar-refractivity contribution in [3.05, 3.63) is 30.2 Å². The molecule has 196 valence electrons. The number of halogens is 1. The first-order chi connectivity index (χ1) is 17.2. The van der Waals surface area contributed by atoms with E-state index in [0.29, 0.717) is 29.2 Å². The minimum absolute atomic E-state index is 0.0215. The highest BCUT2D eigenvalue weighted by atomic mass is 19.1. The molecule has 0 radical (unpaired) electrons. The quantitative estimate of drug-likeness (QED) is 0.570. The SMILES string of the molecule is COCC12CCC(C)(O)CC1CCC1C3CCC(C(=O)Cn4ncc5ccc(F)cc54)C3(C)CCC12. The number of ketones is 1. The van der Waals surface area contributed by atoms with Gasteiger partial charge in [-0.15, -0.1) is 0 Å². The topological polar surface area (TPSA) is 64.3 Å². The van der Waals surface area contributed by atoms with Crippen molar-refractivity contribution in [3.8, 4) is 0 Å². The first kappa shape index (κ1) is 24.5. The predicted molar refractivity (Wildman–Crippen MR) is 137 cm³/mol. The second-order valence-electron chi connectivity index (χ2n) is 13.2. The lowest BCUT2D eigenvalue weighted by Crippen LogP contribution is -2.58. The third-order valence-electron chi connectivity index (χ3n) is 11.4. The lowest BCUT2D eigenvalue weighted by atomic mass is 9.43. The van der Waals surface area contributed by atoms with Gasteiger partial charge in [-0.2, -0.15) is 5.10 Å². The maximum Gasteiger partial charge on any atom is 0.157 e. The van der Waals surface area contributed by atoms with Crippen molar-refractivity contribution < 1.29 is 19.0 Å². The fourth-order valence-corrected chi connectivity index (χ4v) is 9.74. The molecule has 6 rings (SSSR count). The Morgan fingerprint density at radius 3 is 2.78 bits per heavy atom. The minimum atomic E-state index is -0.553. The van der Waals surface area contributed by atoms with Crippen LogP contribution < -0.4 is 0 Å². The van der Waals surface area contributed by atoms with Crippen LogP contribution in [0, 0.1) is 46.2 Å². The molecule has 1 N–H and O–H groups in total. The number of benzene rings is 1. The molecule has 0 aliphatic heterocycles. The van der Waals surface area contributed by atoms with Gasteiger partial charge in [0.1, 0.15) is 12.4 Å². The monoisotopic (exact) mass is 496 g/mol. The third kappa shape index (κ3) is 3.69. The molecule has 4 fully saturated rings. The van der Waals surface area contributed by atoms with Gasteiger partial charge in [-0.25, -0.2) is 4.39 Å². The summed E-state index contributed by atoms with van der Waals surface area (Å²) in [5.41, 5.74) is 0.331. The van der Waals surface area contributed by atoms with E-state index in [1.165, 1.54) is 18.6 Å². The highest BCUT2D eigenvalue weighted by Gasteiger charge is 2.63. The van der Waals surface area contributed by atoms with Crippen molar-refractivity contribution >= 4 is 16.7 Å². The number of carbonyl (C=O) groups excluding carboxylic acids is 1. The van der Waals surface area contributed by atoms with E-state index in [4.69, 9.17) is 4.74 Å². The Morgan fingerprint density at radius 2 is 1.97 bits per heavy atom. The summed E-state index contributed by atoms with van der Waals surface area (Å²) in [6, 6.07) is 4.65. The van der Waals surface area contributed by atoms with Crippen LogP contribution in [-0.4, -0.2) is 40.0 Å². The van der Waals surface area contributed by atoms with E-state index in [-0.39, 0.29) is 34.9 Å². The van der Waals surface area contributed by atoms with Crippen LogP contribution in [0.15, 0.2) is 24.4 Å². The Hall–Kier alpha value is -1.79. The van der Waals surface area contributed by atoms with Crippen LogP contribution in [0.3, 0.4) is 0 Å². The maximum absolute atomic E-state index is 13.9. The normalized spacial score (nSPS) is 42.1. The number of aliphatic hydroxyl groups is 1. The van der Waals surface area contributed by atoms with E-state index in [9.17, 15) is 14.3 Å². The molecule has 0 bridgehead atoms.